The summed E-state index contributed by atoms with van der Waals surface area (Å²) in [5.41, 5.74) is 3.54. The second-order valence-electron chi connectivity index (χ2n) is 10.4. The number of benzene rings is 2. The third-order valence-corrected chi connectivity index (χ3v) is 8.89. The van der Waals surface area contributed by atoms with E-state index in [4.69, 9.17) is 11.6 Å². The van der Waals surface area contributed by atoms with Crippen molar-refractivity contribution >= 4 is 50.5 Å². The molecule has 0 atom stereocenters. The molecule has 2 amide bonds. The standard InChI is InChI=1S/C31H30ClN7O4S/c1-44(42,43)39-13-9-24(10-14-39)34-11-3-6-30(40)37-28-8-7-22(16-23(28)19-33)31(41)36-25-5-2-4-21(17-25)26-18-29-35-12-15-38(29)20-27(26)32/h2-8,12,15-18,20,24,34H,9-11,13-14H2,1H3,(H,36,41)(H,37,40). The van der Waals surface area contributed by atoms with Crippen LogP contribution in [0.3, 0.4) is 0 Å². The number of fused-ring (bicyclic) bond motifs is 1. The number of imidazole rings is 1. The molecule has 2 aromatic carbocycles. The Balaban J connectivity index is 1.17. The lowest BCUT2D eigenvalue weighted by atomic mass is 10.1. The molecule has 44 heavy (non-hydrogen) atoms. The number of nitrogens with one attached hydrogen (secondary N) is 3. The van der Waals surface area contributed by atoms with E-state index in [2.05, 4.69) is 20.9 Å². The van der Waals surface area contributed by atoms with Crippen LogP contribution in [0.4, 0.5) is 11.4 Å². The summed E-state index contributed by atoms with van der Waals surface area (Å²) in [6, 6.07) is 15.8. The number of hydrogen-bond acceptors (Lipinski definition) is 7. The van der Waals surface area contributed by atoms with E-state index in [9.17, 15) is 23.3 Å². The number of rotatable bonds is 9. The molecule has 1 aliphatic rings. The van der Waals surface area contributed by atoms with Gasteiger partial charge in [-0.05, 0) is 54.8 Å². The van der Waals surface area contributed by atoms with E-state index in [1.54, 1.807) is 42.9 Å². The van der Waals surface area contributed by atoms with Crippen molar-refractivity contribution in [2.75, 3.05) is 36.5 Å². The molecular weight excluding hydrogens is 602 g/mol. The van der Waals surface area contributed by atoms with Gasteiger partial charge in [0.15, 0.2) is 0 Å². The van der Waals surface area contributed by atoms with E-state index in [1.165, 1.54) is 34.8 Å². The molecule has 2 aromatic heterocycles. The highest BCUT2D eigenvalue weighted by Crippen LogP contribution is 2.31. The van der Waals surface area contributed by atoms with Crippen LogP contribution in [0.15, 0.2) is 79.3 Å². The topological polar surface area (TPSA) is 149 Å². The van der Waals surface area contributed by atoms with Gasteiger partial charge in [-0.2, -0.15) is 5.26 Å². The molecule has 5 rings (SSSR count). The van der Waals surface area contributed by atoms with Gasteiger partial charge in [-0.25, -0.2) is 17.7 Å². The van der Waals surface area contributed by atoms with Gasteiger partial charge in [-0.15, -0.1) is 0 Å². The first kappa shape index (κ1) is 30.9. The molecule has 1 aliphatic heterocycles. The van der Waals surface area contributed by atoms with Crippen molar-refractivity contribution in [3.05, 3.63) is 95.4 Å². The number of anilines is 2. The Bertz CT molecular complexity index is 1890. The average Bonchev–Trinajstić information content (AvgIpc) is 3.46. The normalized spacial score (nSPS) is 14.5. The molecule has 226 valence electrons. The first-order valence-electron chi connectivity index (χ1n) is 13.8. The number of amides is 2. The minimum Gasteiger partial charge on any atom is -0.322 e. The number of piperidine rings is 1. The maximum Gasteiger partial charge on any atom is 0.255 e. The number of carbonyl (C=O) groups is 2. The molecule has 4 aromatic rings. The van der Waals surface area contributed by atoms with Gasteiger partial charge in [0.25, 0.3) is 5.91 Å². The molecule has 0 spiro atoms. The number of nitrogens with zero attached hydrogens (tertiary/aromatic N) is 4. The Morgan fingerprint density at radius 2 is 1.93 bits per heavy atom. The first-order chi connectivity index (χ1) is 21.1. The van der Waals surface area contributed by atoms with Crippen molar-refractivity contribution in [2.45, 2.75) is 18.9 Å². The van der Waals surface area contributed by atoms with E-state index >= 15 is 0 Å². The van der Waals surface area contributed by atoms with Crippen LogP contribution in [-0.2, 0) is 14.8 Å². The fourth-order valence-corrected chi connectivity index (χ4v) is 6.12. The fourth-order valence-electron chi connectivity index (χ4n) is 4.98. The second-order valence-corrected chi connectivity index (χ2v) is 12.8. The van der Waals surface area contributed by atoms with Crippen LogP contribution in [0.25, 0.3) is 16.8 Å². The van der Waals surface area contributed by atoms with Gasteiger partial charge >= 0.3 is 0 Å². The van der Waals surface area contributed by atoms with Crippen LogP contribution >= 0.6 is 11.6 Å². The van der Waals surface area contributed by atoms with Crippen molar-refractivity contribution in [3.63, 3.8) is 0 Å². The molecule has 0 aliphatic carbocycles. The van der Waals surface area contributed by atoms with E-state index in [0.29, 0.717) is 43.2 Å². The summed E-state index contributed by atoms with van der Waals surface area (Å²) >= 11 is 6.50. The minimum atomic E-state index is -3.17. The number of carbonyl (C=O) groups excluding carboxylic acids is 2. The molecule has 0 saturated carbocycles. The van der Waals surface area contributed by atoms with E-state index in [-0.39, 0.29) is 22.9 Å². The lowest BCUT2D eigenvalue weighted by Crippen LogP contribution is -2.44. The predicted octanol–water partition coefficient (Wildman–Crippen LogP) is 4.29. The zero-order valence-electron chi connectivity index (χ0n) is 23.8. The van der Waals surface area contributed by atoms with E-state index in [1.807, 2.05) is 22.6 Å². The van der Waals surface area contributed by atoms with Crippen molar-refractivity contribution in [2.24, 2.45) is 0 Å². The van der Waals surface area contributed by atoms with Crippen LogP contribution in [0.1, 0.15) is 28.8 Å². The summed E-state index contributed by atoms with van der Waals surface area (Å²) in [5.74, 6) is -0.837. The average molecular weight is 632 g/mol. The van der Waals surface area contributed by atoms with Crippen LogP contribution in [-0.4, -0.2) is 65.9 Å². The molecule has 11 nitrogen and oxygen atoms in total. The molecule has 0 unspecified atom stereocenters. The lowest BCUT2D eigenvalue weighted by molar-refractivity contribution is -0.111. The van der Waals surface area contributed by atoms with Crippen molar-refractivity contribution in [1.29, 1.82) is 5.26 Å². The largest absolute Gasteiger partial charge is 0.322 e. The van der Waals surface area contributed by atoms with Gasteiger partial charge in [0.2, 0.25) is 15.9 Å². The smallest absolute Gasteiger partial charge is 0.255 e. The summed E-state index contributed by atoms with van der Waals surface area (Å²) in [6.07, 6.45) is 10.9. The molecule has 13 heteroatoms. The summed E-state index contributed by atoms with van der Waals surface area (Å²) in [6.45, 7) is 1.37. The van der Waals surface area contributed by atoms with Gasteiger partial charge in [-0.3, -0.25) is 9.59 Å². The Kier molecular flexibility index (Phi) is 9.41. The van der Waals surface area contributed by atoms with Crippen molar-refractivity contribution < 1.29 is 18.0 Å². The maximum atomic E-state index is 13.0. The minimum absolute atomic E-state index is 0.142. The van der Waals surface area contributed by atoms with Gasteiger partial charge in [0.05, 0.1) is 22.5 Å². The monoisotopic (exact) mass is 631 g/mol. The summed E-state index contributed by atoms with van der Waals surface area (Å²) in [5, 5.41) is 19.0. The Hall–Kier alpha value is -4.54. The Morgan fingerprint density at radius 3 is 2.68 bits per heavy atom. The SMILES string of the molecule is CS(=O)(=O)N1CCC(NCC=CC(=O)Nc2ccc(C(=O)Nc3cccc(-c4cc5nccn5cc4Cl)c3)cc2C#N)CC1. The molecule has 0 radical (unpaired) electrons. The van der Waals surface area contributed by atoms with Gasteiger partial charge in [-0.1, -0.05) is 29.8 Å². The summed E-state index contributed by atoms with van der Waals surface area (Å²) in [4.78, 5) is 29.8. The van der Waals surface area contributed by atoms with Crippen LogP contribution in [0.5, 0.6) is 0 Å². The highest BCUT2D eigenvalue weighted by molar-refractivity contribution is 7.88. The number of pyridine rings is 1. The fraction of sp³-hybridized carbons (Fsp3) is 0.226. The highest BCUT2D eigenvalue weighted by Gasteiger charge is 2.24. The quantitative estimate of drug-likeness (QED) is 0.233. The number of sulfonamides is 1. The highest BCUT2D eigenvalue weighted by atomic mass is 35.5. The molecular formula is C31H30ClN7O4S. The third-order valence-electron chi connectivity index (χ3n) is 7.29. The molecule has 1 saturated heterocycles. The summed E-state index contributed by atoms with van der Waals surface area (Å²) < 4.78 is 26.6. The third kappa shape index (κ3) is 7.50. The zero-order valence-corrected chi connectivity index (χ0v) is 25.4. The molecule has 1 fully saturated rings. The van der Waals surface area contributed by atoms with Crippen LogP contribution in [0.2, 0.25) is 5.02 Å². The zero-order chi connectivity index (χ0) is 31.3. The summed E-state index contributed by atoms with van der Waals surface area (Å²) in [7, 11) is -3.17. The number of nitriles is 1. The Morgan fingerprint density at radius 1 is 1.14 bits per heavy atom. The Labute approximate surface area is 260 Å². The lowest BCUT2D eigenvalue weighted by Gasteiger charge is -2.30. The van der Waals surface area contributed by atoms with Gasteiger partial charge in [0.1, 0.15) is 11.7 Å². The van der Waals surface area contributed by atoms with Gasteiger partial charge < -0.3 is 20.4 Å². The van der Waals surface area contributed by atoms with E-state index < -0.39 is 21.8 Å². The van der Waals surface area contributed by atoms with Crippen LogP contribution in [0, 0.1) is 11.3 Å². The maximum absolute atomic E-state index is 13.0. The van der Waals surface area contributed by atoms with Gasteiger partial charge in [0, 0.05) is 67.2 Å². The molecule has 3 heterocycles. The van der Waals surface area contributed by atoms with Crippen molar-refractivity contribution in [1.82, 2.24) is 19.0 Å². The number of aromatic nitrogens is 2. The number of hydrogen-bond donors (Lipinski definition) is 3. The molecule has 3 N–H and O–H groups in total. The predicted molar refractivity (Wildman–Crippen MR) is 170 cm³/mol. The first-order valence-corrected chi connectivity index (χ1v) is 16.1. The second kappa shape index (κ2) is 13.4. The van der Waals surface area contributed by atoms with E-state index in [0.717, 1.165) is 16.8 Å². The number of halogens is 1. The van der Waals surface area contributed by atoms with Crippen LogP contribution < -0.4 is 16.0 Å². The van der Waals surface area contributed by atoms with Crippen molar-refractivity contribution in [3.8, 4) is 17.2 Å². The molecule has 0 bridgehead atoms.